The van der Waals surface area contributed by atoms with Crippen LogP contribution in [0.3, 0.4) is 0 Å². The Hall–Kier alpha value is -1.31. The topological polar surface area (TPSA) is 26.0 Å². The van der Waals surface area contributed by atoms with Crippen LogP contribution in [0.5, 0.6) is 0 Å². The molecule has 0 N–H and O–H groups in total. The first-order chi connectivity index (χ1) is 5.77. The molecule has 0 aliphatic rings. The molecule has 0 unspecified atom stereocenters. The number of aromatic nitrogens is 1. The van der Waals surface area contributed by atoms with Gasteiger partial charge in [0, 0.05) is 6.92 Å². The smallest absolute Gasteiger partial charge is 0.192 e. The summed E-state index contributed by atoms with van der Waals surface area (Å²) in [5, 5.41) is 0. The van der Waals surface area contributed by atoms with E-state index in [4.69, 9.17) is 4.42 Å². The minimum atomic E-state index is 0.681. The van der Waals surface area contributed by atoms with E-state index in [1.54, 1.807) is 6.08 Å². The molecule has 1 aromatic rings. The molecule has 1 heterocycles. The van der Waals surface area contributed by atoms with Crippen molar-refractivity contribution in [3.8, 4) is 0 Å². The zero-order valence-corrected chi connectivity index (χ0v) is 7.50. The van der Waals surface area contributed by atoms with Crippen molar-refractivity contribution in [3.63, 3.8) is 0 Å². The molecule has 1 rings (SSSR count). The maximum atomic E-state index is 5.28. The molecule has 0 aromatic carbocycles. The summed E-state index contributed by atoms with van der Waals surface area (Å²) >= 11 is 0. The van der Waals surface area contributed by atoms with Crippen LogP contribution in [-0.2, 0) is 0 Å². The Labute approximate surface area is 72.6 Å². The van der Waals surface area contributed by atoms with Crippen molar-refractivity contribution >= 4 is 12.2 Å². The van der Waals surface area contributed by atoms with Crippen molar-refractivity contribution in [3.05, 3.63) is 30.0 Å². The number of nitrogens with zero attached hydrogens (tertiary/aromatic N) is 1. The second kappa shape index (κ2) is 3.90. The van der Waals surface area contributed by atoms with Crippen LogP contribution in [0.2, 0.25) is 0 Å². The monoisotopic (exact) mass is 163 g/mol. The zero-order valence-electron chi connectivity index (χ0n) is 7.50. The first-order valence-corrected chi connectivity index (χ1v) is 4.04. The van der Waals surface area contributed by atoms with Crippen LogP contribution in [0.1, 0.15) is 30.7 Å². The Morgan fingerprint density at radius 3 is 2.92 bits per heavy atom. The van der Waals surface area contributed by atoms with Gasteiger partial charge in [0.2, 0.25) is 0 Å². The van der Waals surface area contributed by atoms with Crippen LogP contribution in [0.15, 0.2) is 17.1 Å². The maximum absolute atomic E-state index is 5.28. The van der Waals surface area contributed by atoms with Crippen LogP contribution in [0.4, 0.5) is 0 Å². The number of rotatable bonds is 3. The second-order valence-electron chi connectivity index (χ2n) is 2.50. The first kappa shape index (κ1) is 8.78. The summed E-state index contributed by atoms with van der Waals surface area (Å²) in [7, 11) is 0. The molecule has 2 nitrogen and oxygen atoms in total. The quantitative estimate of drug-likeness (QED) is 0.684. The Bertz CT molecular complexity index is 297. The van der Waals surface area contributed by atoms with Gasteiger partial charge in [-0.1, -0.05) is 19.6 Å². The lowest BCUT2D eigenvalue weighted by atomic mass is 10.3. The molecule has 2 heteroatoms. The van der Waals surface area contributed by atoms with Gasteiger partial charge >= 0.3 is 0 Å². The number of oxazole rings is 1. The van der Waals surface area contributed by atoms with E-state index in [1.807, 2.05) is 19.1 Å². The predicted octanol–water partition coefficient (Wildman–Crippen LogP) is 3.05. The van der Waals surface area contributed by atoms with E-state index in [0.717, 1.165) is 17.9 Å². The normalized spacial score (nSPS) is 10.8. The van der Waals surface area contributed by atoms with Crippen molar-refractivity contribution in [2.75, 3.05) is 0 Å². The van der Waals surface area contributed by atoms with Gasteiger partial charge in [-0.3, -0.25) is 0 Å². The zero-order chi connectivity index (χ0) is 8.97. The molecule has 0 aliphatic heterocycles. The highest BCUT2D eigenvalue weighted by molar-refractivity contribution is 5.57. The fraction of sp³-hybridized carbons (Fsp3) is 0.300. The van der Waals surface area contributed by atoms with E-state index in [1.165, 1.54) is 0 Å². The minimum absolute atomic E-state index is 0.681. The SMILES string of the molecule is C=Cc1oc(C)nc1/C=C\CC. The third-order valence-corrected chi connectivity index (χ3v) is 1.48. The highest BCUT2D eigenvalue weighted by Gasteiger charge is 2.02. The van der Waals surface area contributed by atoms with Gasteiger partial charge in [0.15, 0.2) is 11.7 Å². The molecule has 0 radical (unpaired) electrons. The molecule has 0 atom stereocenters. The molecule has 0 spiro atoms. The van der Waals surface area contributed by atoms with Crippen molar-refractivity contribution in [2.24, 2.45) is 0 Å². The highest BCUT2D eigenvalue weighted by Crippen LogP contribution is 2.13. The van der Waals surface area contributed by atoms with Gasteiger partial charge in [0.05, 0.1) is 0 Å². The standard InChI is InChI=1S/C10H13NO/c1-4-6-7-9-10(5-2)12-8(3)11-9/h5-7H,2,4H2,1,3H3/b7-6-. The van der Waals surface area contributed by atoms with Crippen LogP contribution >= 0.6 is 0 Å². The minimum Gasteiger partial charge on any atom is -0.441 e. The van der Waals surface area contributed by atoms with Crippen molar-refractivity contribution in [1.82, 2.24) is 4.98 Å². The van der Waals surface area contributed by atoms with E-state index < -0.39 is 0 Å². The first-order valence-electron chi connectivity index (χ1n) is 4.04. The summed E-state index contributed by atoms with van der Waals surface area (Å²) in [4.78, 5) is 4.19. The lowest BCUT2D eigenvalue weighted by Gasteiger charge is -1.84. The molecule has 0 saturated carbocycles. The average molecular weight is 163 g/mol. The summed E-state index contributed by atoms with van der Waals surface area (Å²) in [6.07, 6.45) is 6.68. The molecule has 12 heavy (non-hydrogen) atoms. The van der Waals surface area contributed by atoms with Gasteiger partial charge in [0.1, 0.15) is 5.69 Å². The molecule has 1 aromatic heterocycles. The number of aryl methyl sites for hydroxylation is 1. The van der Waals surface area contributed by atoms with E-state index >= 15 is 0 Å². The largest absolute Gasteiger partial charge is 0.441 e. The fourth-order valence-electron chi connectivity index (χ4n) is 0.954. The predicted molar refractivity (Wildman–Crippen MR) is 50.7 cm³/mol. The average Bonchev–Trinajstić information content (AvgIpc) is 2.42. The second-order valence-corrected chi connectivity index (χ2v) is 2.50. The highest BCUT2D eigenvalue weighted by atomic mass is 16.4. The molecular weight excluding hydrogens is 150 g/mol. The summed E-state index contributed by atoms with van der Waals surface area (Å²) in [5.41, 5.74) is 0.865. The summed E-state index contributed by atoms with van der Waals surface area (Å²) in [6, 6.07) is 0. The molecule has 0 aliphatic carbocycles. The van der Waals surface area contributed by atoms with Crippen molar-refractivity contribution in [1.29, 1.82) is 0 Å². The van der Waals surface area contributed by atoms with E-state index in [2.05, 4.69) is 18.5 Å². The third kappa shape index (κ3) is 1.84. The van der Waals surface area contributed by atoms with E-state index in [9.17, 15) is 0 Å². The van der Waals surface area contributed by atoms with Crippen LogP contribution < -0.4 is 0 Å². The summed E-state index contributed by atoms with van der Waals surface area (Å²) in [6.45, 7) is 7.56. The molecule has 0 saturated heterocycles. The van der Waals surface area contributed by atoms with Gasteiger partial charge in [-0.2, -0.15) is 0 Å². The third-order valence-electron chi connectivity index (χ3n) is 1.48. The van der Waals surface area contributed by atoms with Gasteiger partial charge < -0.3 is 4.42 Å². The van der Waals surface area contributed by atoms with Crippen LogP contribution in [0.25, 0.3) is 12.2 Å². The van der Waals surface area contributed by atoms with Gasteiger partial charge in [-0.15, -0.1) is 0 Å². The lowest BCUT2D eigenvalue weighted by Crippen LogP contribution is -1.74. The van der Waals surface area contributed by atoms with E-state index in [-0.39, 0.29) is 0 Å². The number of hydrogen-bond acceptors (Lipinski definition) is 2. The molecule has 64 valence electrons. The molecule has 0 fully saturated rings. The fourth-order valence-corrected chi connectivity index (χ4v) is 0.954. The van der Waals surface area contributed by atoms with Crippen molar-refractivity contribution < 1.29 is 4.42 Å². The Morgan fingerprint density at radius 1 is 1.58 bits per heavy atom. The molecular formula is C10H13NO. The Balaban J connectivity index is 2.96. The summed E-state index contributed by atoms with van der Waals surface area (Å²) in [5.74, 6) is 1.43. The Morgan fingerprint density at radius 2 is 2.33 bits per heavy atom. The maximum Gasteiger partial charge on any atom is 0.192 e. The van der Waals surface area contributed by atoms with Gasteiger partial charge in [-0.05, 0) is 18.6 Å². The van der Waals surface area contributed by atoms with E-state index in [0.29, 0.717) is 5.89 Å². The van der Waals surface area contributed by atoms with Crippen LogP contribution in [0, 0.1) is 6.92 Å². The number of hydrogen-bond donors (Lipinski definition) is 0. The Kier molecular flexibility index (Phi) is 2.86. The number of allylic oxidation sites excluding steroid dienone is 1. The van der Waals surface area contributed by atoms with Gasteiger partial charge in [-0.25, -0.2) is 4.98 Å². The van der Waals surface area contributed by atoms with Crippen LogP contribution in [-0.4, -0.2) is 4.98 Å². The molecule has 0 bridgehead atoms. The summed E-state index contributed by atoms with van der Waals surface area (Å²) < 4.78 is 5.28. The van der Waals surface area contributed by atoms with Crippen molar-refractivity contribution in [2.45, 2.75) is 20.3 Å². The lowest BCUT2D eigenvalue weighted by molar-refractivity contribution is 0.513. The van der Waals surface area contributed by atoms with Gasteiger partial charge in [0.25, 0.3) is 0 Å². The molecule has 0 amide bonds.